The van der Waals surface area contributed by atoms with Gasteiger partial charge in [0.05, 0.1) is 12.4 Å². The van der Waals surface area contributed by atoms with E-state index < -0.39 is 6.08 Å². The molecule has 0 spiro atoms. The van der Waals surface area contributed by atoms with Crippen molar-refractivity contribution in [3.8, 4) is 0 Å². The highest BCUT2D eigenvalue weighted by atomic mass is 19.1. The number of fused-ring (bicyclic) bond motifs is 1. The first kappa shape index (κ1) is 14.8. The van der Waals surface area contributed by atoms with Gasteiger partial charge in [0.1, 0.15) is 0 Å². The van der Waals surface area contributed by atoms with Gasteiger partial charge in [0.25, 0.3) is 0 Å². The lowest BCUT2D eigenvalue weighted by molar-refractivity contribution is 0.538. The summed E-state index contributed by atoms with van der Waals surface area (Å²) in [5.41, 5.74) is 3.16. The Balaban J connectivity index is 1.69. The highest BCUT2D eigenvalue weighted by Gasteiger charge is 2.24. The first-order chi connectivity index (χ1) is 11.7. The molecule has 4 rings (SSSR count). The van der Waals surface area contributed by atoms with Crippen LogP contribution in [0.15, 0.2) is 48.8 Å². The number of rotatable bonds is 4. The van der Waals surface area contributed by atoms with Crippen molar-refractivity contribution in [2.75, 3.05) is 18.4 Å². The summed E-state index contributed by atoms with van der Waals surface area (Å²) in [4.78, 5) is 12.2. The van der Waals surface area contributed by atoms with Crippen LogP contribution in [0.25, 0.3) is 11.2 Å². The Morgan fingerprint density at radius 1 is 1.29 bits per heavy atom. The second-order valence-electron chi connectivity index (χ2n) is 5.81. The van der Waals surface area contributed by atoms with E-state index in [4.69, 9.17) is 0 Å². The summed E-state index contributed by atoms with van der Waals surface area (Å²) in [6.45, 7) is 6.08. The van der Waals surface area contributed by atoms with Crippen molar-refractivity contribution >= 4 is 17.0 Å². The zero-order valence-electron chi connectivity index (χ0n) is 13.0. The van der Waals surface area contributed by atoms with Gasteiger partial charge >= 0.3 is 6.08 Å². The van der Waals surface area contributed by atoms with E-state index in [-0.39, 0.29) is 6.04 Å². The zero-order chi connectivity index (χ0) is 16.5. The monoisotopic (exact) mass is 324 g/mol. The van der Waals surface area contributed by atoms with Crippen LogP contribution in [0.3, 0.4) is 0 Å². The van der Waals surface area contributed by atoms with Gasteiger partial charge in [0.2, 0.25) is 0 Å². The predicted octanol–water partition coefficient (Wildman–Crippen LogP) is 2.28. The van der Waals surface area contributed by atoms with Gasteiger partial charge in [-0.05, 0) is 11.1 Å². The second-order valence-corrected chi connectivity index (χ2v) is 5.81. The van der Waals surface area contributed by atoms with Crippen LogP contribution < -0.4 is 10.6 Å². The molecule has 1 unspecified atom stereocenters. The molecule has 1 atom stereocenters. The Bertz CT molecular complexity index is 889. The maximum atomic E-state index is 13.9. The smallest absolute Gasteiger partial charge is 0.312 e. The van der Waals surface area contributed by atoms with E-state index in [2.05, 4.69) is 32.2 Å². The molecule has 1 aliphatic heterocycles. The van der Waals surface area contributed by atoms with Crippen molar-refractivity contribution in [2.45, 2.75) is 12.6 Å². The van der Waals surface area contributed by atoms with Crippen LogP contribution in [0.4, 0.5) is 10.2 Å². The predicted molar refractivity (Wildman–Crippen MR) is 90.1 cm³/mol. The van der Waals surface area contributed by atoms with E-state index in [1.165, 1.54) is 0 Å². The third kappa shape index (κ3) is 2.63. The number of nitrogens with zero attached hydrogens (tertiary/aromatic N) is 4. The molecule has 122 valence electrons. The molecule has 1 saturated heterocycles. The molecule has 6 nitrogen and oxygen atoms in total. The molecule has 2 aromatic heterocycles. The normalized spacial score (nSPS) is 17.5. The maximum Gasteiger partial charge on any atom is 0.312 e. The molecule has 0 aliphatic carbocycles. The number of imidazole rings is 1. The topological polar surface area (TPSA) is 67.7 Å². The van der Waals surface area contributed by atoms with E-state index in [1.54, 1.807) is 6.33 Å². The Morgan fingerprint density at radius 2 is 2.12 bits per heavy atom. The largest absolute Gasteiger partial charge is 0.364 e. The van der Waals surface area contributed by atoms with Crippen LogP contribution >= 0.6 is 0 Å². The van der Waals surface area contributed by atoms with Crippen LogP contribution in [-0.4, -0.2) is 32.6 Å². The third-order valence-corrected chi connectivity index (χ3v) is 4.19. The third-order valence-electron chi connectivity index (χ3n) is 4.19. The molecule has 2 N–H and O–H groups in total. The molecule has 1 fully saturated rings. The SMILES string of the molecule is C=C1CNCC1n1cnc2c(NCc3ccccc3)nc(F)nc21. The zero-order valence-corrected chi connectivity index (χ0v) is 13.0. The lowest BCUT2D eigenvalue weighted by Gasteiger charge is -2.13. The van der Waals surface area contributed by atoms with Crippen molar-refractivity contribution < 1.29 is 4.39 Å². The average molecular weight is 324 g/mol. The van der Waals surface area contributed by atoms with E-state index in [0.717, 1.165) is 24.2 Å². The summed E-state index contributed by atoms with van der Waals surface area (Å²) in [5, 5.41) is 6.40. The van der Waals surface area contributed by atoms with Gasteiger partial charge in [0.15, 0.2) is 17.0 Å². The molecule has 3 heterocycles. The number of anilines is 1. The molecule has 3 aromatic rings. The van der Waals surface area contributed by atoms with E-state index in [9.17, 15) is 4.39 Å². The van der Waals surface area contributed by atoms with Gasteiger partial charge in [-0.15, -0.1) is 0 Å². The van der Waals surface area contributed by atoms with Gasteiger partial charge < -0.3 is 15.2 Å². The molecule has 0 bridgehead atoms. The average Bonchev–Trinajstić information content (AvgIpc) is 3.19. The fourth-order valence-electron chi connectivity index (χ4n) is 2.95. The van der Waals surface area contributed by atoms with Crippen molar-refractivity contribution in [3.05, 3.63) is 60.5 Å². The van der Waals surface area contributed by atoms with E-state index in [1.807, 2.05) is 34.9 Å². The highest BCUT2D eigenvalue weighted by molar-refractivity contribution is 5.82. The summed E-state index contributed by atoms with van der Waals surface area (Å²) in [5.74, 6) is 0.400. The Morgan fingerprint density at radius 3 is 2.88 bits per heavy atom. The molecule has 0 saturated carbocycles. The number of hydrogen-bond acceptors (Lipinski definition) is 5. The Labute approximate surface area is 138 Å². The second kappa shape index (κ2) is 6.01. The lowest BCUT2D eigenvalue weighted by Crippen LogP contribution is -2.14. The van der Waals surface area contributed by atoms with Crippen LogP contribution in [0, 0.1) is 6.08 Å². The summed E-state index contributed by atoms with van der Waals surface area (Å²) >= 11 is 0. The standard InChI is InChI=1S/C17H17FN6/c1-11-7-19-9-13(11)24-10-21-14-15(22-17(18)23-16(14)24)20-8-12-5-3-2-4-6-12/h2-6,10,13,19H,1,7-9H2,(H,20,22,23). The molecule has 0 amide bonds. The molecule has 24 heavy (non-hydrogen) atoms. The van der Waals surface area contributed by atoms with Crippen molar-refractivity contribution in [3.63, 3.8) is 0 Å². The van der Waals surface area contributed by atoms with Crippen LogP contribution in [0.2, 0.25) is 0 Å². The van der Waals surface area contributed by atoms with Crippen molar-refractivity contribution in [2.24, 2.45) is 0 Å². The molecule has 1 aromatic carbocycles. The molecule has 0 radical (unpaired) electrons. The van der Waals surface area contributed by atoms with Crippen LogP contribution in [0.5, 0.6) is 0 Å². The van der Waals surface area contributed by atoms with Gasteiger partial charge in [-0.3, -0.25) is 0 Å². The van der Waals surface area contributed by atoms with Gasteiger partial charge in [-0.1, -0.05) is 36.9 Å². The van der Waals surface area contributed by atoms with Crippen LogP contribution in [-0.2, 0) is 6.54 Å². The van der Waals surface area contributed by atoms with Gasteiger partial charge in [-0.2, -0.15) is 14.4 Å². The first-order valence-corrected chi connectivity index (χ1v) is 7.78. The fourth-order valence-corrected chi connectivity index (χ4v) is 2.95. The molecule has 7 heteroatoms. The van der Waals surface area contributed by atoms with Crippen LogP contribution in [0.1, 0.15) is 11.6 Å². The minimum Gasteiger partial charge on any atom is -0.364 e. The number of hydrogen-bond donors (Lipinski definition) is 2. The van der Waals surface area contributed by atoms with Crippen molar-refractivity contribution in [1.82, 2.24) is 24.8 Å². The van der Waals surface area contributed by atoms with E-state index >= 15 is 0 Å². The lowest BCUT2D eigenvalue weighted by atomic mass is 10.2. The van der Waals surface area contributed by atoms with Crippen molar-refractivity contribution in [1.29, 1.82) is 0 Å². The van der Waals surface area contributed by atoms with Gasteiger partial charge in [-0.25, -0.2) is 4.98 Å². The summed E-state index contributed by atoms with van der Waals surface area (Å²) in [7, 11) is 0. The quantitative estimate of drug-likeness (QED) is 0.569. The first-order valence-electron chi connectivity index (χ1n) is 7.78. The number of nitrogens with one attached hydrogen (secondary N) is 2. The molecular formula is C17H17FN6. The Hall–Kier alpha value is -2.80. The summed E-state index contributed by atoms with van der Waals surface area (Å²) in [6.07, 6.45) is 0.909. The molecular weight excluding hydrogens is 307 g/mol. The maximum absolute atomic E-state index is 13.9. The van der Waals surface area contributed by atoms with Gasteiger partial charge in [0, 0.05) is 19.6 Å². The minimum absolute atomic E-state index is 0.0336. The fraction of sp³-hybridized carbons (Fsp3) is 0.235. The number of benzene rings is 1. The summed E-state index contributed by atoms with van der Waals surface area (Å²) in [6, 6.07) is 9.90. The minimum atomic E-state index is -0.767. The summed E-state index contributed by atoms with van der Waals surface area (Å²) < 4.78 is 15.8. The Kier molecular flexibility index (Phi) is 3.70. The molecule has 1 aliphatic rings. The number of halogens is 1. The number of aromatic nitrogens is 4. The highest BCUT2D eigenvalue weighted by Crippen LogP contribution is 2.26. The van der Waals surface area contributed by atoms with E-state index in [0.29, 0.717) is 23.5 Å².